The van der Waals surface area contributed by atoms with Gasteiger partial charge >= 0.3 is 0 Å². The van der Waals surface area contributed by atoms with Crippen LogP contribution in [0, 0.1) is 20.8 Å². The molecule has 1 aliphatic heterocycles. The number of amides is 1. The van der Waals surface area contributed by atoms with Gasteiger partial charge in [0.05, 0.1) is 12.6 Å². The molecule has 1 amide bonds. The van der Waals surface area contributed by atoms with Crippen molar-refractivity contribution in [3.8, 4) is 5.75 Å². The molecule has 0 bridgehead atoms. The van der Waals surface area contributed by atoms with Crippen LogP contribution in [0.15, 0.2) is 18.2 Å². The van der Waals surface area contributed by atoms with E-state index in [-0.39, 0.29) is 11.9 Å². The van der Waals surface area contributed by atoms with Crippen molar-refractivity contribution in [3.63, 3.8) is 0 Å². The van der Waals surface area contributed by atoms with E-state index in [1.807, 2.05) is 55.5 Å². The second-order valence-electron chi connectivity index (χ2n) is 6.61. The van der Waals surface area contributed by atoms with E-state index in [1.165, 1.54) is 0 Å². The molecule has 1 aromatic carbocycles. The SMILES string of the molecule is CCOc1ccc(C(=O)N2CCC[C@H](n3nc(C)nc3C)C2)cc1C. The number of likely N-dealkylation sites (tertiary alicyclic amines) is 1. The van der Waals surface area contributed by atoms with Crippen LogP contribution < -0.4 is 4.74 Å². The van der Waals surface area contributed by atoms with Crippen molar-refractivity contribution in [3.05, 3.63) is 41.0 Å². The smallest absolute Gasteiger partial charge is 0.253 e. The number of benzene rings is 1. The van der Waals surface area contributed by atoms with E-state index in [1.54, 1.807) is 0 Å². The summed E-state index contributed by atoms with van der Waals surface area (Å²) in [6, 6.07) is 5.86. The number of aromatic nitrogens is 3. The quantitative estimate of drug-likeness (QED) is 0.857. The second-order valence-corrected chi connectivity index (χ2v) is 6.61. The lowest BCUT2D eigenvalue weighted by Crippen LogP contribution is -2.41. The fourth-order valence-electron chi connectivity index (χ4n) is 3.50. The molecule has 0 saturated carbocycles. The molecule has 0 N–H and O–H groups in total. The van der Waals surface area contributed by atoms with Crippen LogP contribution in [0.5, 0.6) is 5.75 Å². The molecular weight excluding hydrogens is 316 g/mol. The van der Waals surface area contributed by atoms with E-state index >= 15 is 0 Å². The Morgan fingerprint density at radius 2 is 2.12 bits per heavy atom. The van der Waals surface area contributed by atoms with Gasteiger partial charge in [-0.15, -0.1) is 0 Å². The van der Waals surface area contributed by atoms with Crippen LogP contribution in [-0.4, -0.2) is 45.3 Å². The van der Waals surface area contributed by atoms with Crippen LogP contribution in [0.1, 0.15) is 53.4 Å². The Balaban J connectivity index is 1.76. The van der Waals surface area contributed by atoms with Crippen LogP contribution in [0.4, 0.5) is 0 Å². The summed E-state index contributed by atoms with van der Waals surface area (Å²) in [6.07, 6.45) is 2.00. The molecule has 0 aliphatic carbocycles. The topological polar surface area (TPSA) is 60.2 Å². The van der Waals surface area contributed by atoms with Crippen molar-refractivity contribution in [1.82, 2.24) is 19.7 Å². The molecule has 3 rings (SSSR count). The van der Waals surface area contributed by atoms with Gasteiger partial charge < -0.3 is 9.64 Å². The highest BCUT2D eigenvalue weighted by molar-refractivity contribution is 5.94. The van der Waals surface area contributed by atoms with Crippen LogP contribution in [-0.2, 0) is 0 Å². The third-order valence-corrected chi connectivity index (χ3v) is 4.66. The lowest BCUT2D eigenvalue weighted by Gasteiger charge is -2.33. The average molecular weight is 342 g/mol. The van der Waals surface area contributed by atoms with Gasteiger partial charge in [-0.1, -0.05) is 0 Å². The molecular formula is C19H26N4O2. The third-order valence-electron chi connectivity index (χ3n) is 4.66. The largest absolute Gasteiger partial charge is 0.494 e. The molecule has 1 aromatic heterocycles. The molecule has 0 radical (unpaired) electrons. The van der Waals surface area contributed by atoms with Gasteiger partial charge in [-0.05, 0) is 64.3 Å². The third kappa shape index (κ3) is 3.67. The van der Waals surface area contributed by atoms with Crippen molar-refractivity contribution in [1.29, 1.82) is 0 Å². The van der Waals surface area contributed by atoms with Gasteiger partial charge in [-0.3, -0.25) is 4.79 Å². The summed E-state index contributed by atoms with van der Waals surface area (Å²) in [7, 11) is 0. The number of aryl methyl sites for hydroxylation is 3. The molecule has 2 heterocycles. The first-order chi connectivity index (χ1) is 12.0. The maximum absolute atomic E-state index is 12.9. The molecule has 134 valence electrons. The van der Waals surface area contributed by atoms with Crippen molar-refractivity contribution in [2.45, 2.75) is 46.6 Å². The zero-order valence-electron chi connectivity index (χ0n) is 15.5. The lowest BCUT2D eigenvalue weighted by atomic mass is 10.0. The number of piperidine rings is 1. The van der Waals surface area contributed by atoms with Crippen molar-refractivity contribution in [2.24, 2.45) is 0 Å². The standard InChI is InChI=1S/C19H26N4O2/c1-5-25-18-9-8-16(11-13(18)2)19(24)22-10-6-7-17(12-22)23-15(4)20-14(3)21-23/h8-9,11,17H,5-7,10,12H2,1-4H3/t17-/m0/s1. The summed E-state index contributed by atoms with van der Waals surface area (Å²) in [6.45, 7) is 9.89. The highest BCUT2D eigenvalue weighted by atomic mass is 16.5. The first-order valence-electron chi connectivity index (χ1n) is 8.92. The molecule has 1 atom stereocenters. The van der Waals surface area contributed by atoms with E-state index in [9.17, 15) is 4.79 Å². The first kappa shape index (κ1) is 17.5. The van der Waals surface area contributed by atoms with Gasteiger partial charge in [0.2, 0.25) is 0 Å². The van der Waals surface area contributed by atoms with Crippen LogP contribution in [0.25, 0.3) is 0 Å². The van der Waals surface area contributed by atoms with Gasteiger partial charge in [0, 0.05) is 18.7 Å². The molecule has 6 nitrogen and oxygen atoms in total. The number of carbonyl (C=O) groups is 1. The number of carbonyl (C=O) groups excluding carboxylic acids is 1. The van der Waals surface area contributed by atoms with Crippen LogP contribution >= 0.6 is 0 Å². The summed E-state index contributed by atoms with van der Waals surface area (Å²) >= 11 is 0. The minimum Gasteiger partial charge on any atom is -0.494 e. The van der Waals surface area contributed by atoms with Crippen LogP contribution in [0.2, 0.25) is 0 Å². The molecule has 0 spiro atoms. The number of ether oxygens (including phenoxy) is 1. The molecule has 0 unspecified atom stereocenters. The normalized spacial score (nSPS) is 17.6. The predicted octanol–water partition coefficient (Wildman–Crippen LogP) is 3.08. The summed E-state index contributed by atoms with van der Waals surface area (Å²) < 4.78 is 7.53. The Labute approximate surface area is 148 Å². The molecule has 1 aliphatic rings. The Hall–Kier alpha value is -2.37. The van der Waals surface area contributed by atoms with E-state index in [0.717, 1.165) is 42.3 Å². The van der Waals surface area contributed by atoms with Gasteiger partial charge in [0.25, 0.3) is 5.91 Å². The number of hydrogen-bond donors (Lipinski definition) is 0. The summed E-state index contributed by atoms with van der Waals surface area (Å²) in [4.78, 5) is 19.2. The average Bonchev–Trinajstić information content (AvgIpc) is 2.94. The molecule has 6 heteroatoms. The zero-order valence-corrected chi connectivity index (χ0v) is 15.5. The first-order valence-corrected chi connectivity index (χ1v) is 8.92. The molecule has 1 saturated heterocycles. The van der Waals surface area contributed by atoms with Crippen molar-refractivity contribution < 1.29 is 9.53 Å². The molecule has 25 heavy (non-hydrogen) atoms. The fraction of sp³-hybridized carbons (Fsp3) is 0.526. The van der Waals surface area contributed by atoms with Gasteiger partial charge in [0.15, 0.2) is 0 Å². The minimum absolute atomic E-state index is 0.0744. The highest BCUT2D eigenvalue weighted by Crippen LogP contribution is 2.25. The maximum atomic E-state index is 12.9. The fourth-order valence-corrected chi connectivity index (χ4v) is 3.50. The minimum atomic E-state index is 0.0744. The van der Waals surface area contributed by atoms with Gasteiger partial charge in [-0.25, -0.2) is 9.67 Å². The number of hydrogen-bond acceptors (Lipinski definition) is 4. The lowest BCUT2D eigenvalue weighted by molar-refractivity contribution is 0.0671. The van der Waals surface area contributed by atoms with Gasteiger partial charge in [-0.2, -0.15) is 5.10 Å². The highest BCUT2D eigenvalue weighted by Gasteiger charge is 2.27. The monoisotopic (exact) mass is 342 g/mol. The van der Waals surface area contributed by atoms with Crippen LogP contribution in [0.3, 0.4) is 0 Å². The summed E-state index contributed by atoms with van der Waals surface area (Å²) in [5, 5.41) is 4.50. The second kappa shape index (κ2) is 7.25. The van der Waals surface area contributed by atoms with E-state index in [0.29, 0.717) is 18.7 Å². The predicted molar refractivity (Wildman–Crippen MR) is 96.0 cm³/mol. The summed E-state index contributed by atoms with van der Waals surface area (Å²) in [5.74, 6) is 2.60. The Morgan fingerprint density at radius 1 is 1.32 bits per heavy atom. The Kier molecular flexibility index (Phi) is 5.06. The maximum Gasteiger partial charge on any atom is 0.253 e. The van der Waals surface area contributed by atoms with E-state index < -0.39 is 0 Å². The summed E-state index contributed by atoms with van der Waals surface area (Å²) in [5.41, 5.74) is 1.71. The number of nitrogens with zero attached hydrogens (tertiary/aromatic N) is 4. The Bertz CT molecular complexity index is 769. The van der Waals surface area contributed by atoms with Gasteiger partial charge in [0.1, 0.15) is 17.4 Å². The molecule has 2 aromatic rings. The van der Waals surface area contributed by atoms with E-state index in [2.05, 4.69) is 10.1 Å². The molecule has 1 fully saturated rings. The Morgan fingerprint density at radius 3 is 2.76 bits per heavy atom. The number of rotatable bonds is 4. The van der Waals surface area contributed by atoms with Crippen molar-refractivity contribution in [2.75, 3.05) is 19.7 Å². The zero-order chi connectivity index (χ0) is 18.0. The van der Waals surface area contributed by atoms with Crippen molar-refractivity contribution >= 4 is 5.91 Å². The van der Waals surface area contributed by atoms with E-state index in [4.69, 9.17) is 4.74 Å².